The lowest BCUT2D eigenvalue weighted by molar-refractivity contribution is -0.0621. The minimum atomic E-state index is 0.164. The fourth-order valence-corrected chi connectivity index (χ4v) is 0.804. The largest absolute Gasteiger partial charge is 0.396 e. The highest BCUT2D eigenvalue weighted by atomic mass is 16.7. The zero-order valence-electron chi connectivity index (χ0n) is 7.70. The summed E-state index contributed by atoms with van der Waals surface area (Å²) in [4.78, 5) is 0. The number of hydrogen-bond acceptors (Lipinski definition) is 5. The van der Waals surface area contributed by atoms with E-state index in [0.29, 0.717) is 25.9 Å². The summed E-state index contributed by atoms with van der Waals surface area (Å²) in [5.41, 5.74) is 0. The molecule has 13 heavy (non-hydrogen) atoms. The molecule has 0 aromatic heterocycles. The predicted octanol–water partition coefficient (Wildman–Crippen LogP) is -0.695. The quantitative estimate of drug-likeness (QED) is 0.287. The van der Waals surface area contributed by atoms with Crippen LogP contribution in [0, 0.1) is 0 Å². The van der Waals surface area contributed by atoms with Gasteiger partial charge in [-0.3, -0.25) is 5.32 Å². The van der Waals surface area contributed by atoms with E-state index < -0.39 is 0 Å². The van der Waals surface area contributed by atoms with Crippen molar-refractivity contribution in [2.45, 2.75) is 12.5 Å². The van der Waals surface area contributed by atoms with E-state index in [9.17, 15) is 0 Å². The second-order valence-electron chi connectivity index (χ2n) is 2.86. The van der Waals surface area contributed by atoms with Crippen LogP contribution in [0.15, 0.2) is 0 Å². The van der Waals surface area contributed by atoms with Crippen LogP contribution in [0.3, 0.4) is 0 Å². The summed E-state index contributed by atoms with van der Waals surface area (Å²) in [7, 11) is 0. The van der Waals surface area contributed by atoms with E-state index in [4.69, 9.17) is 19.3 Å². The summed E-state index contributed by atoms with van der Waals surface area (Å²) in [5, 5.41) is 11.5. The molecule has 5 nitrogen and oxygen atoms in total. The first-order valence-corrected chi connectivity index (χ1v) is 4.52. The third-order valence-electron chi connectivity index (χ3n) is 1.59. The lowest BCUT2D eigenvalue weighted by Crippen LogP contribution is -2.23. The number of ether oxygens (including phenoxy) is 3. The number of nitrogens with one attached hydrogen (secondary N) is 1. The maximum atomic E-state index is 8.43. The summed E-state index contributed by atoms with van der Waals surface area (Å²) in [6, 6.07) is 0. The van der Waals surface area contributed by atoms with Crippen molar-refractivity contribution >= 4 is 0 Å². The van der Waals surface area contributed by atoms with Crippen LogP contribution in [-0.2, 0) is 14.2 Å². The molecule has 0 saturated carbocycles. The van der Waals surface area contributed by atoms with Crippen molar-refractivity contribution in [3.63, 3.8) is 0 Å². The molecule has 78 valence electrons. The first-order chi connectivity index (χ1) is 6.43. The summed E-state index contributed by atoms with van der Waals surface area (Å²) in [6.07, 6.45) is 1.05. The summed E-state index contributed by atoms with van der Waals surface area (Å²) in [6.45, 7) is 3.17. The van der Waals surface area contributed by atoms with Crippen LogP contribution in [-0.4, -0.2) is 51.1 Å². The molecule has 1 heterocycles. The molecule has 0 bridgehead atoms. The molecule has 1 atom stereocenters. The lowest BCUT2D eigenvalue weighted by atomic mass is 10.5. The van der Waals surface area contributed by atoms with Gasteiger partial charge in [-0.25, -0.2) is 0 Å². The van der Waals surface area contributed by atoms with Crippen LogP contribution < -0.4 is 5.32 Å². The van der Waals surface area contributed by atoms with Crippen LogP contribution >= 0.6 is 0 Å². The van der Waals surface area contributed by atoms with Crippen molar-refractivity contribution in [2.24, 2.45) is 0 Å². The molecule has 1 aliphatic rings. The molecule has 0 aromatic rings. The van der Waals surface area contributed by atoms with Crippen LogP contribution in [0.4, 0.5) is 0 Å². The molecule has 0 amide bonds. The first kappa shape index (κ1) is 10.9. The highest BCUT2D eigenvalue weighted by Crippen LogP contribution is 2.05. The second-order valence-corrected chi connectivity index (χ2v) is 2.86. The molecule has 0 radical (unpaired) electrons. The number of aliphatic hydroxyl groups is 1. The van der Waals surface area contributed by atoms with E-state index in [2.05, 4.69) is 5.32 Å². The van der Waals surface area contributed by atoms with E-state index in [1.165, 1.54) is 0 Å². The SMILES string of the molecule is OCCCOCOCNCC1CO1. The Kier molecular flexibility index (Phi) is 6.05. The van der Waals surface area contributed by atoms with Gasteiger partial charge in [-0.05, 0) is 6.42 Å². The fourth-order valence-electron chi connectivity index (χ4n) is 0.804. The Bertz CT molecular complexity index is 119. The van der Waals surface area contributed by atoms with Gasteiger partial charge in [-0.2, -0.15) is 0 Å². The van der Waals surface area contributed by atoms with Crippen molar-refractivity contribution in [3.8, 4) is 0 Å². The van der Waals surface area contributed by atoms with Crippen molar-refractivity contribution in [2.75, 3.05) is 39.9 Å². The van der Waals surface area contributed by atoms with E-state index in [1.54, 1.807) is 0 Å². The van der Waals surface area contributed by atoms with E-state index in [0.717, 1.165) is 13.2 Å². The maximum absolute atomic E-state index is 8.43. The summed E-state index contributed by atoms with van der Waals surface area (Å²) in [5.74, 6) is 0. The van der Waals surface area contributed by atoms with Crippen molar-refractivity contribution in [3.05, 3.63) is 0 Å². The van der Waals surface area contributed by atoms with Crippen molar-refractivity contribution in [1.82, 2.24) is 5.32 Å². The van der Waals surface area contributed by atoms with E-state index >= 15 is 0 Å². The van der Waals surface area contributed by atoms with Crippen LogP contribution in [0.25, 0.3) is 0 Å². The predicted molar refractivity (Wildman–Crippen MR) is 46.2 cm³/mol. The van der Waals surface area contributed by atoms with Gasteiger partial charge in [0.1, 0.15) is 6.79 Å². The Morgan fingerprint density at radius 1 is 1.46 bits per heavy atom. The van der Waals surface area contributed by atoms with Gasteiger partial charge >= 0.3 is 0 Å². The van der Waals surface area contributed by atoms with Crippen molar-refractivity contribution < 1.29 is 19.3 Å². The molecule has 1 saturated heterocycles. The third-order valence-corrected chi connectivity index (χ3v) is 1.59. The average Bonchev–Trinajstić information content (AvgIpc) is 2.93. The van der Waals surface area contributed by atoms with Gasteiger partial charge in [-0.1, -0.05) is 0 Å². The molecule has 1 unspecified atom stereocenters. The molecule has 0 aromatic carbocycles. The standard InChI is InChI=1S/C8H17NO4/c10-2-1-3-11-7-12-6-9-4-8-5-13-8/h8-10H,1-7H2. The first-order valence-electron chi connectivity index (χ1n) is 4.52. The molecule has 1 rings (SSSR count). The molecule has 0 aliphatic carbocycles. The summed E-state index contributed by atoms with van der Waals surface area (Å²) < 4.78 is 15.1. The molecule has 1 aliphatic heterocycles. The van der Waals surface area contributed by atoms with Gasteiger partial charge in [0.2, 0.25) is 0 Å². The number of epoxide rings is 1. The molecule has 1 fully saturated rings. The molecule has 2 N–H and O–H groups in total. The Hall–Kier alpha value is -0.200. The van der Waals surface area contributed by atoms with Gasteiger partial charge in [0.05, 0.1) is 26.0 Å². The topological polar surface area (TPSA) is 63.2 Å². The minimum Gasteiger partial charge on any atom is -0.396 e. The normalized spacial score (nSPS) is 20.5. The number of aliphatic hydroxyl groups excluding tert-OH is 1. The van der Waals surface area contributed by atoms with Gasteiger partial charge in [-0.15, -0.1) is 0 Å². The smallest absolute Gasteiger partial charge is 0.148 e. The van der Waals surface area contributed by atoms with Crippen molar-refractivity contribution in [1.29, 1.82) is 0 Å². The lowest BCUT2D eigenvalue weighted by Gasteiger charge is -2.05. The van der Waals surface area contributed by atoms with Gasteiger partial charge in [0.15, 0.2) is 0 Å². The average molecular weight is 191 g/mol. The fraction of sp³-hybridized carbons (Fsp3) is 1.00. The summed E-state index contributed by atoms with van der Waals surface area (Å²) >= 11 is 0. The van der Waals surface area contributed by atoms with Crippen LogP contribution in [0.1, 0.15) is 6.42 Å². The Morgan fingerprint density at radius 3 is 3.00 bits per heavy atom. The van der Waals surface area contributed by atoms with E-state index in [-0.39, 0.29) is 13.4 Å². The molecule has 0 spiro atoms. The third kappa shape index (κ3) is 6.92. The number of rotatable bonds is 9. The molecular formula is C8H17NO4. The van der Waals surface area contributed by atoms with Gasteiger partial charge in [0.25, 0.3) is 0 Å². The Labute approximate surface area is 78.0 Å². The maximum Gasteiger partial charge on any atom is 0.148 e. The molecule has 5 heteroatoms. The van der Waals surface area contributed by atoms with Crippen LogP contribution in [0.2, 0.25) is 0 Å². The number of hydrogen-bond donors (Lipinski definition) is 2. The molecular weight excluding hydrogens is 174 g/mol. The van der Waals surface area contributed by atoms with Gasteiger partial charge in [0, 0.05) is 13.2 Å². The van der Waals surface area contributed by atoms with Gasteiger partial charge < -0.3 is 19.3 Å². The highest BCUT2D eigenvalue weighted by molar-refractivity contribution is 4.70. The monoisotopic (exact) mass is 191 g/mol. The Morgan fingerprint density at radius 2 is 2.31 bits per heavy atom. The zero-order chi connectivity index (χ0) is 9.36. The van der Waals surface area contributed by atoms with E-state index in [1.807, 2.05) is 0 Å². The Balaban J connectivity index is 1.63. The highest BCUT2D eigenvalue weighted by Gasteiger charge is 2.20. The second kappa shape index (κ2) is 7.23. The minimum absolute atomic E-state index is 0.164. The zero-order valence-corrected chi connectivity index (χ0v) is 7.70. The van der Waals surface area contributed by atoms with Crippen LogP contribution in [0.5, 0.6) is 0 Å².